The molecule has 1 unspecified atom stereocenters. The maximum absolute atomic E-state index is 9.89. The second-order valence-electron chi connectivity index (χ2n) is 0.790. The van der Waals surface area contributed by atoms with Crippen molar-refractivity contribution in [3.8, 4) is 0 Å². The Bertz CT molecular complexity index is 89.9. The van der Waals surface area contributed by atoms with Gasteiger partial charge in [-0.2, -0.15) is 0 Å². The van der Waals surface area contributed by atoms with E-state index in [1.54, 1.807) is 0 Å². The van der Waals surface area contributed by atoms with Crippen LogP contribution < -0.4 is 5.73 Å². The van der Waals surface area contributed by atoms with Gasteiger partial charge in [0.2, 0.25) is 8.69 Å². The Balaban J connectivity index is -0.000000180. The Kier molecular flexibility index (Phi) is 23.3. The van der Waals surface area contributed by atoms with Crippen molar-refractivity contribution < 1.29 is 13.9 Å². The normalized spacial score (nSPS) is 7.67. The van der Waals surface area contributed by atoms with Crippen LogP contribution >= 0.6 is 8.69 Å². The third-order valence-corrected chi connectivity index (χ3v) is 0.705. The van der Waals surface area contributed by atoms with Crippen LogP contribution in [0.25, 0.3) is 0 Å². The second kappa shape index (κ2) is 12.3. The summed E-state index contributed by atoms with van der Waals surface area (Å²) in [5.41, 5.74) is 4.76. The first-order valence-corrected chi connectivity index (χ1v) is 2.58. The molecule has 0 aliphatic carbocycles. The van der Waals surface area contributed by atoms with Gasteiger partial charge in [-0.1, -0.05) is 0 Å². The van der Waals surface area contributed by atoms with Crippen molar-refractivity contribution in [3.63, 3.8) is 0 Å². The minimum atomic E-state index is -1.43. The van der Waals surface area contributed by atoms with Crippen LogP contribution in [0.1, 0.15) is 0 Å². The molecule has 0 saturated carbocycles. The predicted molar refractivity (Wildman–Crippen MR) is 39.8 cm³/mol. The zero-order valence-electron chi connectivity index (χ0n) is 3.59. The molecule has 0 aliphatic heterocycles. The zero-order chi connectivity index (χ0) is 5.70. The summed E-state index contributed by atoms with van der Waals surface area (Å²) >= 11 is 0. The van der Waals surface area contributed by atoms with Crippen LogP contribution in [-0.2, 0) is 13.9 Å². The molecule has 9 heavy (non-hydrogen) atoms. The average Bonchev–Trinajstić information content (AvgIpc) is 1.68. The summed E-state index contributed by atoms with van der Waals surface area (Å²) in [4.78, 5) is 9.89. The predicted octanol–water partition coefficient (Wildman–Crippen LogP) is -2.14. The van der Waals surface area contributed by atoms with E-state index >= 15 is 0 Å². The fourth-order valence-electron chi connectivity index (χ4n) is 0.102. The molecule has 0 spiro atoms. The number of carbonyl (C=O) groups is 1. The SMILES string of the molecule is NCC(=O)O[PH2]=O.[NaH].[NaH]. The van der Waals surface area contributed by atoms with Crippen molar-refractivity contribution in [2.45, 2.75) is 0 Å². The minimum absolute atomic E-state index is 0. The monoisotopic (exact) mass is 171 g/mol. The molecule has 0 fully saturated rings. The summed E-state index contributed by atoms with van der Waals surface area (Å²) in [5.74, 6) is -0.620. The summed E-state index contributed by atoms with van der Waals surface area (Å²) in [6, 6.07) is 0. The summed E-state index contributed by atoms with van der Waals surface area (Å²) in [6.07, 6.45) is 0. The van der Waals surface area contributed by atoms with Crippen LogP contribution in [0.15, 0.2) is 0 Å². The van der Waals surface area contributed by atoms with E-state index in [-0.39, 0.29) is 65.7 Å². The quantitative estimate of drug-likeness (QED) is 0.380. The Morgan fingerprint density at radius 2 is 2.00 bits per heavy atom. The molecular weight excluding hydrogens is 163 g/mol. The summed E-state index contributed by atoms with van der Waals surface area (Å²) < 4.78 is 13.4. The van der Waals surface area contributed by atoms with Crippen molar-refractivity contribution in [2.75, 3.05) is 6.54 Å². The molecule has 4 nitrogen and oxygen atoms in total. The Hall–Kier alpha value is 1.66. The first kappa shape index (κ1) is 17.0. The number of rotatable bonds is 2. The maximum atomic E-state index is 9.89. The fourth-order valence-corrected chi connectivity index (χ4v) is 0.305. The molecule has 2 N–H and O–H groups in total. The van der Waals surface area contributed by atoms with E-state index < -0.39 is 14.7 Å². The van der Waals surface area contributed by atoms with Gasteiger partial charge < -0.3 is 10.3 Å². The molecular formula is C2H8NNa2O3P. The van der Waals surface area contributed by atoms with Gasteiger partial charge in [0.05, 0.1) is 6.54 Å². The van der Waals surface area contributed by atoms with Crippen LogP contribution in [0.5, 0.6) is 0 Å². The molecule has 0 saturated heterocycles. The van der Waals surface area contributed by atoms with Crippen molar-refractivity contribution >= 4 is 73.8 Å². The second-order valence-corrected chi connectivity index (χ2v) is 1.22. The van der Waals surface area contributed by atoms with Gasteiger partial charge in [-0.15, -0.1) is 0 Å². The van der Waals surface area contributed by atoms with E-state index in [2.05, 4.69) is 4.52 Å². The van der Waals surface area contributed by atoms with Gasteiger partial charge in [0.15, 0.2) is 0 Å². The molecule has 0 radical (unpaired) electrons. The van der Waals surface area contributed by atoms with E-state index in [0.29, 0.717) is 0 Å². The van der Waals surface area contributed by atoms with Gasteiger partial charge in [0.25, 0.3) is 0 Å². The average molecular weight is 171 g/mol. The zero-order valence-corrected chi connectivity index (χ0v) is 4.74. The Morgan fingerprint density at radius 1 is 1.56 bits per heavy atom. The Labute approximate surface area is 98.8 Å². The third-order valence-electron chi connectivity index (χ3n) is 0.346. The topological polar surface area (TPSA) is 69.4 Å². The molecule has 0 aliphatic rings. The molecule has 0 heterocycles. The van der Waals surface area contributed by atoms with Crippen LogP contribution in [0.4, 0.5) is 0 Å². The van der Waals surface area contributed by atoms with Crippen LogP contribution in [0.3, 0.4) is 0 Å². The third kappa shape index (κ3) is 12.8. The van der Waals surface area contributed by atoms with E-state index in [9.17, 15) is 9.36 Å². The van der Waals surface area contributed by atoms with Crippen LogP contribution in [0, 0.1) is 0 Å². The van der Waals surface area contributed by atoms with Gasteiger partial charge in [-0.25, -0.2) is 0 Å². The van der Waals surface area contributed by atoms with Crippen molar-refractivity contribution in [2.24, 2.45) is 5.73 Å². The molecule has 7 heteroatoms. The van der Waals surface area contributed by atoms with E-state index in [4.69, 9.17) is 5.73 Å². The molecule has 0 rings (SSSR count). The first-order valence-electron chi connectivity index (χ1n) is 1.64. The molecule has 0 bridgehead atoms. The van der Waals surface area contributed by atoms with E-state index in [1.165, 1.54) is 0 Å². The summed E-state index contributed by atoms with van der Waals surface area (Å²) in [6.45, 7) is -0.199. The van der Waals surface area contributed by atoms with Gasteiger partial charge in [0, 0.05) is 0 Å². The van der Waals surface area contributed by atoms with Crippen molar-refractivity contribution in [1.29, 1.82) is 0 Å². The molecule has 1 atom stereocenters. The number of hydrogen-bond donors (Lipinski definition) is 1. The van der Waals surface area contributed by atoms with Gasteiger partial charge in [-0.3, -0.25) is 9.36 Å². The van der Waals surface area contributed by atoms with Gasteiger partial charge in [-0.05, 0) is 0 Å². The Morgan fingerprint density at radius 3 is 2.11 bits per heavy atom. The van der Waals surface area contributed by atoms with E-state index in [0.717, 1.165) is 0 Å². The molecule has 46 valence electrons. The van der Waals surface area contributed by atoms with Crippen molar-refractivity contribution in [3.05, 3.63) is 0 Å². The number of carbonyl (C=O) groups excluding carboxylic acids is 1. The van der Waals surface area contributed by atoms with Crippen LogP contribution in [-0.4, -0.2) is 71.6 Å². The number of nitrogens with two attached hydrogens (primary N) is 1. The first-order chi connectivity index (χ1) is 3.31. The number of hydrogen-bond acceptors (Lipinski definition) is 4. The summed E-state index contributed by atoms with van der Waals surface area (Å²) in [7, 11) is -1.43. The van der Waals surface area contributed by atoms with Gasteiger partial charge >= 0.3 is 65.1 Å². The molecule has 0 aromatic heterocycles. The van der Waals surface area contributed by atoms with Crippen molar-refractivity contribution in [1.82, 2.24) is 0 Å². The van der Waals surface area contributed by atoms with Crippen LogP contribution in [0.2, 0.25) is 0 Å². The molecule has 0 aromatic rings. The molecule has 0 aromatic carbocycles. The van der Waals surface area contributed by atoms with Gasteiger partial charge in [0.1, 0.15) is 0 Å². The standard InChI is InChI=1S/C2H6NO3P.2Na.2H/c3-1-2(4)6-7-5;;;;/h1,3,7H2;;;;. The summed E-state index contributed by atoms with van der Waals surface area (Å²) in [5, 5.41) is 0. The fraction of sp³-hybridized carbons (Fsp3) is 0.500. The van der Waals surface area contributed by atoms with E-state index in [1.807, 2.05) is 0 Å². The molecule has 0 amide bonds.